The Morgan fingerprint density at radius 3 is 1.83 bits per heavy atom. The highest BCUT2D eigenvalue weighted by Crippen LogP contribution is 2.23. The Hall–Kier alpha value is -1.64. The highest BCUT2D eigenvalue weighted by molar-refractivity contribution is 5.14. The van der Waals surface area contributed by atoms with Crippen molar-refractivity contribution in [1.82, 2.24) is 0 Å². The van der Waals surface area contributed by atoms with Gasteiger partial charge in [0, 0.05) is 17.0 Å². The smallest absolute Gasteiger partial charge is 0.103 e. The van der Waals surface area contributed by atoms with Gasteiger partial charge < -0.3 is 10.0 Å². The molecule has 2 atom stereocenters. The largest absolute Gasteiger partial charge is 0.393 e. The van der Waals surface area contributed by atoms with E-state index in [1.807, 2.05) is 0 Å². The van der Waals surface area contributed by atoms with Crippen molar-refractivity contribution in [1.29, 1.82) is 0 Å². The molecule has 1 aliphatic rings. The lowest BCUT2D eigenvalue weighted by atomic mass is 9.86. The molecular weight excluding hydrogens is 282 g/mol. The summed E-state index contributed by atoms with van der Waals surface area (Å²) in [4.78, 5) is 1.55. The highest BCUT2D eigenvalue weighted by Gasteiger charge is 2.27. The van der Waals surface area contributed by atoms with E-state index in [0.29, 0.717) is 5.92 Å². The fourth-order valence-electron chi connectivity index (χ4n) is 3.77. The summed E-state index contributed by atoms with van der Waals surface area (Å²) in [5, 5.41) is 10.3. The van der Waals surface area contributed by atoms with Crippen LogP contribution >= 0.6 is 0 Å². The van der Waals surface area contributed by atoms with Crippen LogP contribution in [-0.4, -0.2) is 17.8 Å². The van der Waals surface area contributed by atoms with Crippen molar-refractivity contribution in [2.75, 3.05) is 6.54 Å². The number of aliphatic hydroxyl groups is 1. The predicted octanol–water partition coefficient (Wildman–Crippen LogP) is 2.82. The van der Waals surface area contributed by atoms with E-state index >= 15 is 0 Å². The molecule has 0 heterocycles. The molecule has 3 rings (SSSR count). The molecule has 0 unspecified atom stereocenters. The summed E-state index contributed by atoms with van der Waals surface area (Å²) in [5.74, 6) is 0.450. The van der Waals surface area contributed by atoms with E-state index in [2.05, 4.69) is 60.7 Å². The maximum Gasteiger partial charge on any atom is 0.103 e. The van der Waals surface area contributed by atoms with Gasteiger partial charge >= 0.3 is 0 Å². The third-order valence-corrected chi connectivity index (χ3v) is 5.01. The van der Waals surface area contributed by atoms with Crippen LogP contribution in [0.25, 0.3) is 0 Å². The van der Waals surface area contributed by atoms with E-state index in [-0.39, 0.29) is 6.10 Å². The fourth-order valence-corrected chi connectivity index (χ4v) is 3.77. The van der Waals surface area contributed by atoms with Crippen molar-refractivity contribution in [3.8, 4) is 0 Å². The van der Waals surface area contributed by atoms with Crippen LogP contribution in [0, 0.1) is 5.92 Å². The predicted molar refractivity (Wildman–Crippen MR) is 94.1 cm³/mol. The van der Waals surface area contributed by atoms with Crippen LogP contribution in [0.2, 0.25) is 0 Å². The van der Waals surface area contributed by atoms with Crippen LogP contribution in [0.3, 0.4) is 0 Å². The van der Waals surface area contributed by atoms with E-state index < -0.39 is 0 Å². The van der Waals surface area contributed by atoms with Gasteiger partial charge in [-0.05, 0) is 12.8 Å². The van der Waals surface area contributed by atoms with Crippen LogP contribution in [0.5, 0.6) is 0 Å². The number of hydrogen-bond donors (Lipinski definition) is 2. The summed E-state index contributed by atoms with van der Waals surface area (Å²) in [7, 11) is 0. The minimum Gasteiger partial charge on any atom is -0.393 e. The van der Waals surface area contributed by atoms with Crippen molar-refractivity contribution >= 4 is 0 Å². The van der Waals surface area contributed by atoms with Gasteiger partial charge in [-0.3, -0.25) is 0 Å². The van der Waals surface area contributed by atoms with Crippen molar-refractivity contribution in [3.63, 3.8) is 0 Å². The van der Waals surface area contributed by atoms with Gasteiger partial charge in [-0.15, -0.1) is 0 Å². The molecule has 0 aromatic heterocycles. The molecule has 1 saturated carbocycles. The van der Waals surface area contributed by atoms with E-state index in [1.165, 1.54) is 30.4 Å². The van der Waals surface area contributed by atoms with Gasteiger partial charge in [-0.2, -0.15) is 0 Å². The molecule has 23 heavy (non-hydrogen) atoms. The van der Waals surface area contributed by atoms with Crippen LogP contribution < -0.4 is 4.90 Å². The van der Waals surface area contributed by atoms with E-state index in [0.717, 1.165) is 26.1 Å². The van der Waals surface area contributed by atoms with Crippen LogP contribution in [0.4, 0.5) is 0 Å². The average Bonchev–Trinajstić information content (AvgIpc) is 2.59. The second-order valence-electron chi connectivity index (χ2n) is 6.89. The van der Waals surface area contributed by atoms with Crippen molar-refractivity contribution in [3.05, 3.63) is 71.8 Å². The molecule has 2 heteroatoms. The Bertz CT molecular complexity index is 527. The fraction of sp³-hybridized carbons (Fsp3) is 0.429. The number of benzene rings is 2. The maximum atomic E-state index is 10.3. The number of aliphatic hydroxyl groups excluding tert-OH is 1. The summed E-state index contributed by atoms with van der Waals surface area (Å²) >= 11 is 0. The first-order chi connectivity index (χ1) is 11.3. The van der Waals surface area contributed by atoms with Gasteiger partial charge in [-0.25, -0.2) is 0 Å². The zero-order valence-electron chi connectivity index (χ0n) is 13.8. The molecule has 122 valence electrons. The van der Waals surface area contributed by atoms with Gasteiger partial charge in [0.15, 0.2) is 0 Å². The molecule has 2 aromatic rings. The van der Waals surface area contributed by atoms with Crippen molar-refractivity contribution in [2.45, 2.75) is 44.9 Å². The third-order valence-electron chi connectivity index (χ3n) is 5.01. The lowest BCUT2D eigenvalue weighted by Crippen LogP contribution is -3.10. The molecule has 0 saturated heterocycles. The summed E-state index contributed by atoms with van der Waals surface area (Å²) in [5.41, 5.74) is 2.76. The Kier molecular flexibility index (Phi) is 5.84. The molecule has 0 aliphatic heterocycles. The Morgan fingerprint density at radius 1 is 0.783 bits per heavy atom. The molecule has 0 bridgehead atoms. The molecule has 0 radical (unpaired) electrons. The Balaban J connectivity index is 1.69. The molecule has 0 spiro atoms. The molecule has 2 N–H and O–H groups in total. The van der Waals surface area contributed by atoms with Crippen molar-refractivity contribution < 1.29 is 10.0 Å². The number of rotatable bonds is 6. The zero-order chi connectivity index (χ0) is 15.9. The molecule has 1 aliphatic carbocycles. The van der Waals surface area contributed by atoms with E-state index in [9.17, 15) is 5.11 Å². The quantitative estimate of drug-likeness (QED) is 0.842. The Labute approximate surface area is 139 Å². The second kappa shape index (κ2) is 8.28. The van der Waals surface area contributed by atoms with Gasteiger partial charge in [0.05, 0.1) is 12.6 Å². The highest BCUT2D eigenvalue weighted by atomic mass is 16.3. The third kappa shape index (κ3) is 4.92. The maximum absolute atomic E-state index is 10.3. The molecule has 2 aromatic carbocycles. The summed E-state index contributed by atoms with van der Waals surface area (Å²) in [6.07, 6.45) is 4.50. The lowest BCUT2D eigenvalue weighted by Gasteiger charge is -2.31. The minimum absolute atomic E-state index is 0.106. The van der Waals surface area contributed by atoms with Crippen LogP contribution in [0.1, 0.15) is 36.8 Å². The Morgan fingerprint density at radius 2 is 1.30 bits per heavy atom. The monoisotopic (exact) mass is 310 g/mol. The first-order valence-electron chi connectivity index (χ1n) is 8.91. The molecule has 0 amide bonds. The number of quaternary nitrogens is 1. The van der Waals surface area contributed by atoms with Crippen LogP contribution in [0.15, 0.2) is 60.7 Å². The minimum atomic E-state index is -0.106. The first kappa shape index (κ1) is 16.2. The average molecular weight is 310 g/mol. The molecule has 1 fully saturated rings. The van der Waals surface area contributed by atoms with Gasteiger partial charge in [0.2, 0.25) is 0 Å². The number of nitrogens with one attached hydrogen (secondary N) is 1. The zero-order valence-corrected chi connectivity index (χ0v) is 13.8. The van der Waals surface area contributed by atoms with Gasteiger partial charge in [0.1, 0.15) is 13.1 Å². The van der Waals surface area contributed by atoms with Crippen molar-refractivity contribution in [2.24, 2.45) is 5.92 Å². The summed E-state index contributed by atoms with van der Waals surface area (Å²) in [6, 6.07) is 21.5. The van der Waals surface area contributed by atoms with E-state index in [1.54, 1.807) is 4.90 Å². The molecule has 2 nitrogen and oxygen atoms in total. The van der Waals surface area contributed by atoms with Gasteiger partial charge in [-0.1, -0.05) is 73.5 Å². The normalized spacial score (nSPS) is 21.5. The number of hydrogen-bond acceptors (Lipinski definition) is 1. The topological polar surface area (TPSA) is 24.7 Å². The van der Waals surface area contributed by atoms with E-state index in [4.69, 9.17) is 0 Å². The SMILES string of the molecule is O[C@@H]1CCCC[C@H]1C[NH+](Cc1ccccc1)Cc1ccccc1. The first-order valence-corrected chi connectivity index (χ1v) is 8.91. The second-order valence-corrected chi connectivity index (χ2v) is 6.89. The lowest BCUT2D eigenvalue weighted by molar-refractivity contribution is -0.931. The van der Waals surface area contributed by atoms with Crippen LogP contribution in [-0.2, 0) is 13.1 Å². The molecular formula is C21H28NO+. The standard InChI is InChI=1S/C21H27NO/c23-21-14-8-7-13-20(21)17-22(15-18-9-3-1-4-10-18)16-19-11-5-2-6-12-19/h1-6,9-12,20-21,23H,7-8,13-17H2/p+1/t20-,21+/m0/s1. The van der Waals surface area contributed by atoms with Gasteiger partial charge in [0.25, 0.3) is 0 Å². The summed E-state index contributed by atoms with van der Waals surface area (Å²) in [6.45, 7) is 3.11. The summed E-state index contributed by atoms with van der Waals surface area (Å²) < 4.78 is 0.